The minimum absolute atomic E-state index is 0.0913. The van der Waals surface area contributed by atoms with Gasteiger partial charge in [0.05, 0.1) is 0 Å². The van der Waals surface area contributed by atoms with E-state index in [0.717, 1.165) is 11.3 Å². The predicted octanol–water partition coefficient (Wildman–Crippen LogP) is 4.86. The number of hydrogen-bond acceptors (Lipinski definition) is 2. The number of benzene rings is 2. The third-order valence-corrected chi connectivity index (χ3v) is 3.86. The lowest BCUT2D eigenvalue weighted by Crippen LogP contribution is -2.49. The molecule has 0 saturated heterocycles. The summed E-state index contributed by atoms with van der Waals surface area (Å²) in [5, 5.41) is 7.13. The second kappa shape index (κ2) is 7.05. The third kappa shape index (κ3) is 5.00. The molecule has 0 bridgehead atoms. The molecule has 0 aromatic heterocycles. The van der Waals surface area contributed by atoms with E-state index in [1.165, 1.54) is 0 Å². The number of rotatable bonds is 4. The molecule has 0 aliphatic carbocycles. The first-order chi connectivity index (χ1) is 10.8. The third-order valence-electron chi connectivity index (χ3n) is 3.61. The Morgan fingerprint density at radius 3 is 2.09 bits per heavy atom. The molecule has 1 amide bonds. The highest BCUT2D eigenvalue weighted by atomic mass is 35.5. The number of amides is 1. The largest absolute Gasteiger partial charge is 0.365 e. The number of halogens is 1. The first-order valence-electron chi connectivity index (χ1n) is 7.65. The van der Waals surface area contributed by atoms with Gasteiger partial charge < -0.3 is 10.6 Å². The summed E-state index contributed by atoms with van der Waals surface area (Å²) in [6.45, 7) is 8.24. The van der Waals surface area contributed by atoms with E-state index in [1.54, 1.807) is 0 Å². The van der Waals surface area contributed by atoms with Crippen LogP contribution in [0.25, 0.3) is 0 Å². The number of carbonyl (C=O) groups is 1. The van der Waals surface area contributed by atoms with E-state index in [-0.39, 0.29) is 17.5 Å². The molecule has 4 heteroatoms. The van der Waals surface area contributed by atoms with Gasteiger partial charge in [0, 0.05) is 21.7 Å². The van der Waals surface area contributed by atoms with Crippen LogP contribution in [0.15, 0.2) is 48.5 Å². The molecule has 0 saturated carbocycles. The SMILES string of the molecule is Cc1ccc(C(=O)NC(Nc2ccc(Cl)cc2)C(C)(C)C)cc1. The summed E-state index contributed by atoms with van der Waals surface area (Å²) < 4.78 is 0. The molecule has 23 heavy (non-hydrogen) atoms. The molecule has 122 valence electrons. The maximum Gasteiger partial charge on any atom is 0.252 e. The first-order valence-corrected chi connectivity index (χ1v) is 8.03. The molecular weight excluding hydrogens is 308 g/mol. The van der Waals surface area contributed by atoms with Crippen LogP contribution in [0.5, 0.6) is 0 Å². The van der Waals surface area contributed by atoms with Crippen molar-refractivity contribution < 1.29 is 4.79 Å². The van der Waals surface area contributed by atoms with Crippen LogP contribution in [0.2, 0.25) is 5.02 Å². The lowest BCUT2D eigenvalue weighted by molar-refractivity contribution is 0.0913. The van der Waals surface area contributed by atoms with Gasteiger partial charge in [0.1, 0.15) is 6.17 Å². The highest BCUT2D eigenvalue weighted by Gasteiger charge is 2.26. The van der Waals surface area contributed by atoms with Gasteiger partial charge in [0.25, 0.3) is 5.91 Å². The van der Waals surface area contributed by atoms with Gasteiger partial charge in [-0.05, 0) is 43.3 Å². The van der Waals surface area contributed by atoms with Gasteiger partial charge in [-0.25, -0.2) is 0 Å². The van der Waals surface area contributed by atoms with E-state index >= 15 is 0 Å². The average molecular weight is 331 g/mol. The number of aryl methyl sites for hydroxylation is 1. The zero-order valence-electron chi connectivity index (χ0n) is 14.0. The summed E-state index contributed by atoms with van der Waals surface area (Å²) in [6.07, 6.45) is -0.211. The van der Waals surface area contributed by atoms with E-state index in [2.05, 4.69) is 31.4 Å². The molecule has 2 N–H and O–H groups in total. The summed E-state index contributed by atoms with van der Waals surface area (Å²) >= 11 is 5.92. The van der Waals surface area contributed by atoms with Gasteiger partial charge in [0.15, 0.2) is 0 Å². The van der Waals surface area contributed by atoms with Gasteiger partial charge in [-0.3, -0.25) is 4.79 Å². The lowest BCUT2D eigenvalue weighted by Gasteiger charge is -2.33. The standard InChI is InChI=1S/C19H23ClN2O/c1-13-5-7-14(8-6-13)17(23)22-18(19(2,3)4)21-16-11-9-15(20)10-12-16/h5-12,18,21H,1-4H3,(H,22,23). The number of anilines is 1. The van der Waals surface area contributed by atoms with Crippen LogP contribution >= 0.6 is 11.6 Å². The molecule has 0 radical (unpaired) electrons. The molecule has 0 heterocycles. The normalized spacial score (nSPS) is 12.6. The van der Waals surface area contributed by atoms with Crippen LogP contribution in [0.3, 0.4) is 0 Å². The molecule has 3 nitrogen and oxygen atoms in total. The Balaban J connectivity index is 2.14. The zero-order valence-corrected chi connectivity index (χ0v) is 14.7. The molecule has 0 aliphatic heterocycles. The number of nitrogens with one attached hydrogen (secondary N) is 2. The molecule has 2 rings (SSSR count). The summed E-state index contributed by atoms with van der Waals surface area (Å²) in [5.74, 6) is -0.0913. The topological polar surface area (TPSA) is 41.1 Å². The monoisotopic (exact) mass is 330 g/mol. The van der Waals surface area contributed by atoms with Gasteiger partial charge in [-0.1, -0.05) is 50.1 Å². The van der Waals surface area contributed by atoms with Crippen LogP contribution in [-0.2, 0) is 0 Å². The van der Waals surface area contributed by atoms with E-state index in [0.29, 0.717) is 10.6 Å². The minimum atomic E-state index is -0.211. The van der Waals surface area contributed by atoms with E-state index in [1.807, 2.05) is 55.5 Å². The Morgan fingerprint density at radius 2 is 1.57 bits per heavy atom. The molecule has 2 aromatic carbocycles. The second-order valence-electron chi connectivity index (χ2n) is 6.79. The van der Waals surface area contributed by atoms with Crippen molar-refractivity contribution in [1.29, 1.82) is 0 Å². The van der Waals surface area contributed by atoms with Crippen LogP contribution in [0.4, 0.5) is 5.69 Å². The Bertz CT molecular complexity index is 657. The van der Waals surface area contributed by atoms with Gasteiger partial charge in [0.2, 0.25) is 0 Å². The van der Waals surface area contributed by atoms with Crippen LogP contribution < -0.4 is 10.6 Å². The fraction of sp³-hybridized carbons (Fsp3) is 0.316. The van der Waals surface area contributed by atoms with Crippen molar-refractivity contribution >= 4 is 23.2 Å². The Morgan fingerprint density at radius 1 is 1.00 bits per heavy atom. The molecular formula is C19H23ClN2O. The molecule has 0 fully saturated rings. The van der Waals surface area contributed by atoms with Crippen molar-refractivity contribution in [2.75, 3.05) is 5.32 Å². The average Bonchev–Trinajstić information content (AvgIpc) is 2.48. The highest BCUT2D eigenvalue weighted by molar-refractivity contribution is 6.30. The zero-order chi connectivity index (χ0) is 17.0. The highest BCUT2D eigenvalue weighted by Crippen LogP contribution is 2.23. The number of carbonyl (C=O) groups excluding carboxylic acids is 1. The molecule has 1 atom stereocenters. The van der Waals surface area contributed by atoms with E-state index < -0.39 is 0 Å². The Labute approximate surface area is 143 Å². The Kier molecular flexibility index (Phi) is 5.32. The molecule has 0 aliphatic rings. The summed E-state index contributed by atoms with van der Waals surface area (Å²) in [5.41, 5.74) is 2.55. The van der Waals surface area contributed by atoms with Crippen molar-refractivity contribution in [1.82, 2.24) is 5.32 Å². The Hall–Kier alpha value is -2.00. The van der Waals surface area contributed by atoms with E-state index in [4.69, 9.17) is 11.6 Å². The van der Waals surface area contributed by atoms with Crippen molar-refractivity contribution in [2.24, 2.45) is 5.41 Å². The van der Waals surface area contributed by atoms with Crippen LogP contribution in [0.1, 0.15) is 36.7 Å². The van der Waals surface area contributed by atoms with Crippen molar-refractivity contribution in [3.8, 4) is 0 Å². The van der Waals surface area contributed by atoms with Gasteiger partial charge >= 0.3 is 0 Å². The first kappa shape index (κ1) is 17.4. The van der Waals surface area contributed by atoms with E-state index in [9.17, 15) is 4.79 Å². The fourth-order valence-electron chi connectivity index (χ4n) is 2.10. The number of hydrogen-bond donors (Lipinski definition) is 2. The second-order valence-corrected chi connectivity index (χ2v) is 7.23. The van der Waals surface area contributed by atoms with Crippen molar-refractivity contribution in [2.45, 2.75) is 33.9 Å². The van der Waals surface area contributed by atoms with Gasteiger partial charge in [-0.15, -0.1) is 0 Å². The maximum absolute atomic E-state index is 12.5. The summed E-state index contributed by atoms with van der Waals surface area (Å²) in [7, 11) is 0. The predicted molar refractivity (Wildman–Crippen MR) is 97.0 cm³/mol. The van der Waals surface area contributed by atoms with Crippen LogP contribution in [-0.4, -0.2) is 12.1 Å². The van der Waals surface area contributed by atoms with Crippen LogP contribution in [0, 0.1) is 12.3 Å². The summed E-state index contributed by atoms with van der Waals surface area (Å²) in [4.78, 5) is 12.5. The maximum atomic E-state index is 12.5. The quantitative estimate of drug-likeness (QED) is 0.786. The summed E-state index contributed by atoms with van der Waals surface area (Å²) in [6, 6.07) is 15.0. The van der Waals surface area contributed by atoms with Crippen molar-refractivity contribution in [3.63, 3.8) is 0 Å². The molecule has 1 unspecified atom stereocenters. The smallest absolute Gasteiger partial charge is 0.252 e. The van der Waals surface area contributed by atoms with Gasteiger partial charge in [-0.2, -0.15) is 0 Å². The fourth-order valence-corrected chi connectivity index (χ4v) is 2.23. The lowest BCUT2D eigenvalue weighted by atomic mass is 9.91. The molecule has 2 aromatic rings. The molecule has 0 spiro atoms. The minimum Gasteiger partial charge on any atom is -0.365 e. The van der Waals surface area contributed by atoms with Crippen molar-refractivity contribution in [3.05, 3.63) is 64.7 Å².